The Morgan fingerprint density at radius 1 is 1.22 bits per heavy atom. The number of ether oxygens (including phenoxy) is 2. The molecule has 1 heterocycles. The number of aliphatic hydroxyl groups excluding tert-OH is 3. The van der Waals surface area contributed by atoms with E-state index in [1.54, 1.807) is 0 Å². The maximum Gasteiger partial charge on any atom is 0.157 e. The maximum atomic E-state index is 9.90. The van der Waals surface area contributed by atoms with Crippen LogP contribution in [0.1, 0.15) is 12.0 Å². The smallest absolute Gasteiger partial charge is 0.157 e. The molecule has 0 saturated carbocycles. The topological polar surface area (TPSA) is 79.2 Å². The average molecular weight is 254 g/mol. The van der Waals surface area contributed by atoms with Gasteiger partial charge in [-0.05, 0) is 5.56 Å². The minimum Gasteiger partial charge on any atom is -0.394 e. The molecule has 0 bridgehead atoms. The van der Waals surface area contributed by atoms with Gasteiger partial charge in [-0.2, -0.15) is 0 Å². The van der Waals surface area contributed by atoms with E-state index in [0.29, 0.717) is 6.61 Å². The summed E-state index contributed by atoms with van der Waals surface area (Å²) >= 11 is 0. The summed E-state index contributed by atoms with van der Waals surface area (Å²) in [7, 11) is 0. The lowest BCUT2D eigenvalue weighted by Crippen LogP contribution is -2.50. The molecule has 2 rings (SSSR count). The molecule has 0 unspecified atom stereocenters. The quantitative estimate of drug-likeness (QED) is 0.706. The molecule has 0 aromatic heterocycles. The Bertz CT molecular complexity index is 356. The summed E-state index contributed by atoms with van der Waals surface area (Å²) in [5.74, 6) is 0. The van der Waals surface area contributed by atoms with Crippen LogP contribution in [-0.2, 0) is 16.1 Å². The molecular weight excluding hydrogens is 236 g/mol. The van der Waals surface area contributed by atoms with Gasteiger partial charge in [0, 0.05) is 6.42 Å². The number of hydrogen-bond donors (Lipinski definition) is 3. The third-order valence-corrected chi connectivity index (χ3v) is 3.01. The van der Waals surface area contributed by atoms with Gasteiger partial charge in [0.2, 0.25) is 0 Å². The van der Waals surface area contributed by atoms with Crippen LogP contribution < -0.4 is 0 Å². The Morgan fingerprint density at radius 2 is 1.94 bits per heavy atom. The van der Waals surface area contributed by atoms with Gasteiger partial charge in [0.1, 0.15) is 12.2 Å². The number of rotatable bonds is 4. The van der Waals surface area contributed by atoms with E-state index in [-0.39, 0.29) is 13.0 Å². The third kappa shape index (κ3) is 3.28. The highest BCUT2D eigenvalue weighted by atomic mass is 16.6. The van der Waals surface area contributed by atoms with Gasteiger partial charge in [0.25, 0.3) is 0 Å². The Hall–Kier alpha value is -0.980. The zero-order valence-electron chi connectivity index (χ0n) is 9.98. The van der Waals surface area contributed by atoms with Crippen LogP contribution in [0, 0.1) is 0 Å². The Labute approximate surface area is 106 Å². The lowest BCUT2D eigenvalue weighted by molar-refractivity contribution is -0.249. The van der Waals surface area contributed by atoms with Crippen molar-refractivity contribution in [1.82, 2.24) is 0 Å². The minimum atomic E-state index is -1.01. The Balaban J connectivity index is 1.91. The summed E-state index contributed by atoms with van der Waals surface area (Å²) in [4.78, 5) is 0. The van der Waals surface area contributed by atoms with Crippen LogP contribution in [0.4, 0.5) is 0 Å². The predicted octanol–water partition coefficient (Wildman–Crippen LogP) is 0.0323. The van der Waals surface area contributed by atoms with Gasteiger partial charge in [0.05, 0.1) is 19.3 Å². The summed E-state index contributed by atoms with van der Waals surface area (Å²) in [6, 6.07) is 9.57. The first-order valence-corrected chi connectivity index (χ1v) is 5.98. The monoisotopic (exact) mass is 254 g/mol. The van der Waals surface area contributed by atoms with Crippen molar-refractivity contribution >= 4 is 0 Å². The molecule has 18 heavy (non-hydrogen) atoms. The molecular formula is C13H18O5. The molecule has 100 valence electrons. The van der Waals surface area contributed by atoms with Gasteiger partial charge in [0.15, 0.2) is 6.29 Å². The van der Waals surface area contributed by atoms with Crippen LogP contribution in [0.5, 0.6) is 0 Å². The standard InChI is InChI=1S/C13H18O5/c14-7-11-13(16)10(6-12(15)18-11)17-8-9-4-2-1-3-5-9/h1-5,10-16H,6-8H2/t10-,11+,12+,13-/m0/s1. The van der Waals surface area contributed by atoms with Crippen LogP contribution in [0.25, 0.3) is 0 Å². The fraction of sp³-hybridized carbons (Fsp3) is 0.538. The molecule has 1 aromatic carbocycles. The lowest BCUT2D eigenvalue weighted by atomic mass is 10.0. The van der Waals surface area contributed by atoms with Gasteiger partial charge < -0.3 is 24.8 Å². The molecule has 0 aliphatic carbocycles. The molecule has 1 saturated heterocycles. The highest BCUT2D eigenvalue weighted by Crippen LogP contribution is 2.22. The minimum absolute atomic E-state index is 0.199. The average Bonchev–Trinajstić information content (AvgIpc) is 2.40. The van der Waals surface area contributed by atoms with Crippen LogP contribution in [0.2, 0.25) is 0 Å². The molecule has 0 spiro atoms. The molecule has 5 nitrogen and oxygen atoms in total. The second kappa shape index (κ2) is 6.26. The summed E-state index contributed by atoms with van der Waals surface area (Å²) in [5, 5.41) is 28.4. The molecule has 1 aromatic rings. The molecule has 1 fully saturated rings. The number of aliphatic hydroxyl groups is 3. The number of hydrogen-bond acceptors (Lipinski definition) is 5. The van der Waals surface area contributed by atoms with Crippen LogP contribution in [0.3, 0.4) is 0 Å². The van der Waals surface area contributed by atoms with Gasteiger partial charge in [-0.1, -0.05) is 30.3 Å². The molecule has 4 atom stereocenters. The third-order valence-electron chi connectivity index (χ3n) is 3.01. The largest absolute Gasteiger partial charge is 0.394 e. The van der Waals surface area contributed by atoms with Crippen molar-refractivity contribution in [3.63, 3.8) is 0 Å². The van der Waals surface area contributed by atoms with E-state index in [1.165, 1.54) is 0 Å². The van der Waals surface area contributed by atoms with Crippen molar-refractivity contribution in [2.45, 2.75) is 37.6 Å². The Morgan fingerprint density at radius 3 is 2.61 bits per heavy atom. The molecule has 5 heteroatoms. The van der Waals surface area contributed by atoms with E-state index in [1.807, 2.05) is 30.3 Å². The van der Waals surface area contributed by atoms with Crippen LogP contribution >= 0.6 is 0 Å². The highest BCUT2D eigenvalue weighted by molar-refractivity contribution is 5.13. The molecule has 1 aliphatic rings. The second-order valence-corrected chi connectivity index (χ2v) is 4.37. The summed E-state index contributed by atoms with van der Waals surface area (Å²) in [6.45, 7) is 0.0108. The Kier molecular flexibility index (Phi) is 4.68. The normalized spacial score (nSPS) is 32.4. The molecule has 1 aliphatic heterocycles. The van der Waals surface area contributed by atoms with Crippen LogP contribution in [0.15, 0.2) is 30.3 Å². The summed E-state index contributed by atoms with van der Waals surface area (Å²) < 4.78 is 10.6. The highest BCUT2D eigenvalue weighted by Gasteiger charge is 2.37. The number of benzene rings is 1. The van der Waals surface area contributed by atoms with Crippen molar-refractivity contribution in [3.8, 4) is 0 Å². The first-order valence-electron chi connectivity index (χ1n) is 5.98. The van der Waals surface area contributed by atoms with Gasteiger partial charge in [-0.15, -0.1) is 0 Å². The molecule has 3 N–H and O–H groups in total. The second-order valence-electron chi connectivity index (χ2n) is 4.37. The zero-order chi connectivity index (χ0) is 13.0. The van der Waals surface area contributed by atoms with Crippen molar-refractivity contribution < 1.29 is 24.8 Å². The van der Waals surface area contributed by atoms with E-state index in [9.17, 15) is 10.2 Å². The van der Waals surface area contributed by atoms with Crippen molar-refractivity contribution in [2.24, 2.45) is 0 Å². The zero-order valence-corrected chi connectivity index (χ0v) is 9.98. The van der Waals surface area contributed by atoms with Crippen molar-refractivity contribution in [3.05, 3.63) is 35.9 Å². The van der Waals surface area contributed by atoms with E-state index >= 15 is 0 Å². The lowest BCUT2D eigenvalue weighted by Gasteiger charge is -2.36. The fourth-order valence-electron chi connectivity index (χ4n) is 2.01. The van der Waals surface area contributed by atoms with E-state index < -0.39 is 24.6 Å². The first kappa shape index (κ1) is 13.5. The van der Waals surface area contributed by atoms with Crippen molar-refractivity contribution in [2.75, 3.05) is 6.61 Å². The summed E-state index contributed by atoms with van der Waals surface area (Å²) in [5.41, 5.74) is 0.992. The van der Waals surface area contributed by atoms with Crippen LogP contribution in [-0.4, -0.2) is 46.5 Å². The van der Waals surface area contributed by atoms with E-state index in [2.05, 4.69) is 0 Å². The van der Waals surface area contributed by atoms with Gasteiger partial charge in [-0.25, -0.2) is 0 Å². The molecule has 0 amide bonds. The van der Waals surface area contributed by atoms with Crippen molar-refractivity contribution in [1.29, 1.82) is 0 Å². The SMILES string of the molecule is OC[C@H]1O[C@@H](O)C[C@H](OCc2ccccc2)[C@@H]1O. The fourth-order valence-corrected chi connectivity index (χ4v) is 2.01. The van der Waals surface area contributed by atoms with Gasteiger partial charge >= 0.3 is 0 Å². The maximum absolute atomic E-state index is 9.90. The molecule has 0 radical (unpaired) electrons. The summed E-state index contributed by atoms with van der Waals surface area (Å²) in [6.07, 6.45) is -3.07. The van der Waals surface area contributed by atoms with Gasteiger partial charge in [-0.3, -0.25) is 0 Å². The first-order chi connectivity index (χ1) is 8.70. The van der Waals surface area contributed by atoms with E-state index in [0.717, 1.165) is 5.56 Å². The predicted molar refractivity (Wildman–Crippen MR) is 63.6 cm³/mol. The van der Waals surface area contributed by atoms with E-state index in [4.69, 9.17) is 14.6 Å².